The Morgan fingerprint density at radius 2 is 1.20 bits per heavy atom. The molecule has 2 fully saturated rings. The van der Waals surface area contributed by atoms with Gasteiger partial charge in [0.1, 0.15) is 39.9 Å². The van der Waals surface area contributed by atoms with Gasteiger partial charge in [-0.3, -0.25) is 14.9 Å². The normalized spacial score (nSPS) is 12.9. The summed E-state index contributed by atoms with van der Waals surface area (Å²) < 4.78 is 46.5. The van der Waals surface area contributed by atoms with Gasteiger partial charge in [-0.1, -0.05) is 19.4 Å². The average molecular weight is 1300 g/mol. The Bertz CT molecular complexity index is 3930. The summed E-state index contributed by atoms with van der Waals surface area (Å²) in [6.07, 6.45) is 8.68. The number of nitrogens with zero attached hydrogens (tertiary/aromatic N) is 13. The van der Waals surface area contributed by atoms with Crippen LogP contribution >= 0.6 is 15.9 Å². The number of hydrogen-bond acceptors (Lipinski definition) is 19. The topological polar surface area (TPSA) is 255 Å². The van der Waals surface area contributed by atoms with Crippen molar-refractivity contribution < 1.29 is 38.0 Å². The summed E-state index contributed by atoms with van der Waals surface area (Å²) >= 11 is 3.48. The molecule has 0 radical (unpaired) electrons. The first kappa shape index (κ1) is 67.6. The minimum Gasteiger partial charge on any atom is -0.494 e. The highest BCUT2D eigenvalue weighted by molar-refractivity contribution is 9.10. The molecule has 2 aliphatic rings. The van der Waals surface area contributed by atoms with E-state index in [1.54, 1.807) is 32.5 Å². The summed E-state index contributed by atoms with van der Waals surface area (Å²) in [5.41, 5.74) is 7.96. The highest BCUT2D eigenvalue weighted by Crippen LogP contribution is 2.46. The van der Waals surface area contributed by atoms with Crippen molar-refractivity contribution in [1.29, 1.82) is 0 Å². The van der Waals surface area contributed by atoms with Crippen molar-refractivity contribution in [2.75, 3.05) is 108 Å². The van der Waals surface area contributed by atoms with Gasteiger partial charge >= 0.3 is 7.12 Å². The maximum atomic E-state index is 15.5. The zero-order valence-electron chi connectivity index (χ0n) is 53.5. The summed E-state index contributed by atoms with van der Waals surface area (Å²) in [5.74, 6) is 2.28. The number of hydrogen-bond donors (Lipinski definition) is 5. The third kappa shape index (κ3) is 16.0. The van der Waals surface area contributed by atoms with Gasteiger partial charge in [-0.15, -0.1) is 0 Å². The van der Waals surface area contributed by atoms with Crippen LogP contribution in [0, 0.1) is 35.6 Å². The fourth-order valence-corrected chi connectivity index (χ4v) is 10.8. The Labute approximate surface area is 532 Å². The molecule has 10 rings (SSSR count). The Morgan fingerprint density at radius 1 is 0.722 bits per heavy atom. The number of fused-ring (bicyclic) bond motifs is 2. The number of carbonyl (C=O) groups excluding carboxylic acids is 1. The van der Waals surface area contributed by atoms with Crippen molar-refractivity contribution in [2.45, 2.75) is 91.0 Å². The molecule has 478 valence electrons. The Hall–Kier alpha value is -8.37. The molecule has 23 nitrogen and oxygen atoms in total. The highest BCUT2D eigenvalue weighted by Gasteiger charge is 2.33. The minimum absolute atomic E-state index is 0.0823. The lowest BCUT2D eigenvalue weighted by Gasteiger charge is -2.26. The van der Waals surface area contributed by atoms with Crippen molar-refractivity contribution in [1.82, 2.24) is 48.8 Å². The lowest BCUT2D eigenvalue weighted by molar-refractivity contribution is -0.384. The largest absolute Gasteiger partial charge is 0.494 e. The minimum atomic E-state index is -1.04. The molecule has 8 aromatic rings. The second-order valence-electron chi connectivity index (χ2n) is 23.6. The molecule has 5 N–H and O–H groups in total. The van der Waals surface area contributed by atoms with E-state index in [9.17, 15) is 14.9 Å². The van der Waals surface area contributed by atoms with Gasteiger partial charge in [-0.2, -0.15) is 0 Å². The van der Waals surface area contributed by atoms with Crippen LogP contribution in [0.1, 0.15) is 88.6 Å². The first-order valence-corrected chi connectivity index (χ1v) is 30.4. The molecule has 0 unspecified atom stereocenters. The number of rotatable bonds is 23. The standard InChI is InChI=1S/C33H41FN8O2.C27H32BrFN8O3.C3H7BO2/c1-9-30(43)37-25-16-26(29(44-8)17-27(25)41(7)13-12-40(5)6)38-33-35-18-23(21-10-11-21)31(39-33)22-14-24(34)32-28(15-22)42(19(2)3)20(4)36-32;1-15(2)36-16(3)31-26-19(29)10-17(11-23(26)36)25-18(28)14-30-27(33-25)32-20-12-22(37(38)39)21(13-24(20)40-7)35(6)9-8-34(4)5;5-4(6)3-1-2-3/h9,14-19,21H,1,10-13H2,2-8H3,(H,37,43)(H,35,38,39);10-15H,8-9H2,1-7H3,(H,30,32,33);3,5-6H,1-2H2. The second kappa shape index (κ2) is 29.1. The number of nitro benzene ring substituents is 1. The molecule has 0 aliphatic heterocycles. The first-order valence-electron chi connectivity index (χ1n) is 29.6. The van der Waals surface area contributed by atoms with Gasteiger partial charge in [0.05, 0.1) is 68.8 Å². The third-order valence-electron chi connectivity index (χ3n) is 15.4. The van der Waals surface area contributed by atoms with Crippen molar-refractivity contribution >= 4 is 97.0 Å². The lowest BCUT2D eigenvalue weighted by Crippen LogP contribution is -2.29. The number of aryl methyl sites for hydroxylation is 2. The van der Waals surface area contributed by atoms with E-state index in [0.717, 1.165) is 73.7 Å². The van der Waals surface area contributed by atoms with E-state index >= 15 is 8.78 Å². The van der Waals surface area contributed by atoms with Crippen LogP contribution in [0.25, 0.3) is 44.6 Å². The number of likely N-dealkylation sites (N-methyl/N-ethyl adjacent to an activating group) is 4. The summed E-state index contributed by atoms with van der Waals surface area (Å²) in [6.45, 7) is 18.3. The van der Waals surface area contributed by atoms with Gasteiger partial charge in [-0.25, -0.2) is 38.7 Å². The number of methoxy groups -OCH3 is 2. The van der Waals surface area contributed by atoms with Crippen LogP contribution in [0.5, 0.6) is 11.5 Å². The van der Waals surface area contributed by atoms with Gasteiger partial charge in [0.25, 0.3) is 5.69 Å². The van der Waals surface area contributed by atoms with E-state index in [1.807, 2.05) is 106 Å². The second-order valence-corrected chi connectivity index (χ2v) is 24.4. The van der Waals surface area contributed by atoms with Crippen molar-refractivity contribution in [3.05, 3.63) is 117 Å². The molecule has 0 bridgehead atoms. The lowest BCUT2D eigenvalue weighted by atomic mass is 9.84. The van der Waals surface area contributed by atoms with Crippen LogP contribution < -0.4 is 35.2 Å². The zero-order valence-corrected chi connectivity index (χ0v) is 55.1. The number of nitro groups is 1. The smallest absolute Gasteiger partial charge is 0.454 e. The molecule has 2 aliphatic carbocycles. The monoisotopic (exact) mass is 1300 g/mol. The number of benzene rings is 4. The van der Waals surface area contributed by atoms with E-state index in [1.165, 1.54) is 31.4 Å². The van der Waals surface area contributed by atoms with Gasteiger partial charge in [0.2, 0.25) is 17.8 Å². The molecule has 0 spiro atoms. The summed E-state index contributed by atoms with van der Waals surface area (Å²) in [5, 5.41) is 37.7. The van der Waals surface area contributed by atoms with E-state index in [-0.39, 0.29) is 41.3 Å². The molecule has 4 aromatic carbocycles. The summed E-state index contributed by atoms with van der Waals surface area (Å²) in [7, 11) is 13.7. The Morgan fingerprint density at radius 3 is 1.64 bits per heavy atom. The maximum absolute atomic E-state index is 15.5. The van der Waals surface area contributed by atoms with E-state index in [2.05, 4.69) is 87.0 Å². The number of aromatic nitrogens is 8. The Balaban J connectivity index is 0.000000213. The van der Waals surface area contributed by atoms with Crippen molar-refractivity contribution in [2.24, 2.45) is 0 Å². The van der Waals surface area contributed by atoms with Crippen LogP contribution in [0.4, 0.5) is 54.8 Å². The number of amides is 1. The van der Waals surface area contributed by atoms with Crippen LogP contribution in [0.3, 0.4) is 0 Å². The Kier molecular flexibility index (Phi) is 21.8. The summed E-state index contributed by atoms with van der Waals surface area (Å²) in [4.78, 5) is 59.3. The van der Waals surface area contributed by atoms with Crippen LogP contribution in [-0.2, 0) is 4.79 Å². The van der Waals surface area contributed by atoms with E-state index in [0.29, 0.717) is 96.2 Å². The maximum Gasteiger partial charge on any atom is 0.454 e. The van der Waals surface area contributed by atoms with E-state index in [4.69, 9.17) is 24.5 Å². The molecule has 4 heterocycles. The zero-order chi connectivity index (χ0) is 65.6. The number of nitrogens with one attached hydrogen (secondary N) is 3. The number of halogens is 3. The van der Waals surface area contributed by atoms with Crippen LogP contribution in [0.15, 0.2) is 78.1 Å². The van der Waals surface area contributed by atoms with Crippen molar-refractivity contribution in [3.8, 4) is 34.0 Å². The molecular formula is C63H80BBrF2N16O7. The molecule has 2 saturated carbocycles. The number of carbonyl (C=O) groups is 1. The average Bonchev–Trinajstić information content (AvgIpc) is 1.58. The SMILES string of the molecule is C=CC(=O)Nc1cc(Nc2ncc(C3CC3)c(-c3cc(F)c4nc(C)n(C(C)C)c4c3)n2)c(OC)cc1N(C)CCN(C)C.COc1cc(N(C)CCN(C)C)c([N+](=O)[O-])cc1Nc1ncc(Br)c(-c2cc(F)c3nc(C)n(C(C)C)c3c2)n1.OB(O)C1CC1. The molecule has 27 heteroatoms. The third-order valence-corrected chi connectivity index (χ3v) is 16.0. The molecular weight excluding hydrogens is 1220 g/mol. The molecule has 4 aromatic heterocycles. The first-order chi connectivity index (χ1) is 42.7. The van der Waals surface area contributed by atoms with Crippen LogP contribution in [-0.4, -0.2) is 160 Å². The predicted octanol–water partition coefficient (Wildman–Crippen LogP) is 11.8. The van der Waals surface area contributed by atoms with Gasteiger partial charge in [-0.05, 0) is 147 Å². The van der Waals surface area contributed by atoms with E-state index < -0.39 is 17.9 Å². The van der Waals surface area contributed by atoms with Gasteiger partial charge < -0.3 is 64.2 Å². The molecule has 0 atom stereocenters. The fraction of sp³-hybridized carbons (Fsp3) is 0.413. The molecule has 1 amide bonds. The van der Waals surface area contributed by atoms with Crippen molar-refractivity contribution in [3.63, 3.8) is 0 Å². The predicted molar refractivity (Wildman–Crippen MR) is 356 cm³/mol. The summed E-state index contributed by atoms with van der Waals surface area (Å²) in [6, 6.07) is 13.6. The van der Waals surface area contributed by atoms with Gasteiger partial charge in [0.15, 0.2) is 11.6 Å². The number of anilines is 7. The quantitative estimate of drug-likeness (QED) is 0.0173. The molecule has 0 saturated heterocycles. The number of ether oxygens (including phenoxy) is 2. The van der Waals surface area contributed by atoms with Gasteiger partial charge in [0, 0.05) is 99.6 Å². The molecule has 90 heavy (non-hydrogen) atoms. The fourth-order valence-electron chi connectivity index (χ4n) is 10.4. The van der Waals surface area contributed by atoms with Crippen LogP contribution in [0.2, 0.25) is 5.82 Å². The highest BCUT2D eigenvalue weighted by atomic mass is 79.9. The number of imidazole rings is 2.